The minimum Gasteiger partial charge on any atom is -0.494 e. The highest BCUT2D eigenvalue weighted by atomic mass is 16.5. The van der Waals surface area contributed by atoms with E-state index in [1.165, 1.54) is 19.3 Å². The van der Waals surface area contributed by atoms with Crippen molar-refractivity contribution in [2.24, 2.45) is 0 Å². The lowest BCUT2D eigenvalue weighted by Gasteiger charge is -2.25. The van der Waals surface area contributed by atoms with Crippen molar-refractivity contribution in [1.29, 1.82) is 0 Å². The first-order valence-corrected chi connectivity index (χ1v) is 8.81. The molecule has 0 unspecified atom stereocenters. The summed E-state index contributed by atoms with van der Waals surface area (Å²) < 4.78 is 13.0. The van der Waals surface area contributed by atoms with Gasteiger partial charge >= 0.3 is 5.97 Å². The Balaban J connectivity index is 1.76. The molecule has 1 aliphatic heterocycles. The number of aromatic nitrogens is 1. The van der Waals surface area contributed by atoms with Crippen molar-refractivity contribution in [3.8, 4) is 5.75 Å². The number of esters is 1. The molecule has 0 aromatic carbocycles. The van der Waals surface area contributed by atoms with E-state index in [4.69, 9.17) is 9.47 Å². The molecular weight excluding hydrogens is 304 g/mol. The fraction of sp³-hybridized carbons (Fsp3) is 0.526. The Bertz CT molecular complexity index is 702. The van der Waals surface area contributed by atoms with Crippen LogP contribution in [0.3, 0.4) is 0 Å². The predicted octanol–water partition coefficient (Wildman–Crippen LogP) is 3.15. The number of methoxy groups -OCH3 is 1. The van der Waals surface area contributed by atoms with Crippen molar-refractivity contribution in [3.05, 3.63) is 35.7 Å². The molecule has 1 fully saturated rings. The Hall–Kier alpha value is -2.01. The topological polar surface area (TPSA) is 43.2 Å². The van der Waals surface area contributed by atoms with E-state index in [9.17, 15) is 4.79 Å². The van der Waals surface area contributed by atoms with Gasteiger partial charge in [0.1, 0.15) is 6.61 Å². The summed E-state index contributed by atoms with van der Waals surface area (Å²) in [6.07, 6.45) is 6.48. The molecule has 2 aromatic heterocycles. The van der Waals surface area contributed by atoms with E-state index in [-0.39, 0.29) is 5.97 Å². The number of likely N-dealkylation sites (tertiary alicyclic amines) is 1. The Morgan fingerprint density at radius 1 is 1.21 bits per heavy atom. The molecule has 5 nitrogen and oxygen atoms in total. The summed E-state index contributed by atoms with van der Waals surface area (Å²) in [6, 6.07) is 5.89. The van der Waals surface area contributed by atoms with Crippen LogP contribution < -0.4 is 4.74 Å². The van der Waals surface area contributed by atoms with E-state index in [0.29, 0.717) is 18.1 Å². The summed E-state index contributed by atoms with van der Waals surface area (Å²) in [5.74, 6) is 0.316. The molecule has 0 saturated carbocycles. The highest BCUT2D eigenvalue weighted by Gasteiger charge is 2.24. The first-order valence-electron chi connectivity index (χ1n) is 8.81. The lowest BCUT2D eigenvalue weighted by atomic mass is 10.1. The van der Waals surface area contributed by atoms with Crippen LogP contribution in [0.4, 0.5) is 0 Å². The number of nitrogens with zero attached hydrogens (tertiary/aromatic N) is 2. The zero-order valence-corrected chi connectivity index (χ0v) is 14.6. The van der Waals surface area contributed by atoms with Gasteiger partial charge in [-0.2, -0.15) is 0 Å². The molecule has 0 bridgehead atoms. The van der Waals surface area contributed by atoms with Crippen LogP contribution in [0.15, 0.2) is 24.4 Å². The molecule has 0 spiro atoms. The molecule has 0 radical (unpaired) electrons. The third-order valence-corrected chi connectivity index (χ3v) is 4.74. The Morgan fingerprint density at radius 2 is 2.00 bits per heavy atom. The smallest absolute Gasteiger partial charge is 0.359 e. The maximum Gasteiger partial charge on any atom is 0.359 e. The monoisotopic (exact) mass is 330 g/mol. The van der Waals surface area contributed by atoms with E-state index >= 15 is 0 Å². The van der Waals surface area contributed by atoms with Gasteiger partial charge in [-0.05, 0) is 44.5 Å². The molecule has 0 aliphatic carbocycles. The van der Waals surface area contributed by atoms with Gasteiger partial charge in [-0.15, -0.1) is 0 Å². The number of pyridine rings is 1. The quantitative estimate of drug-likeness (QED) is 0.763. The molecule has 0 N–H and O–H groups in total. The molecule has 5 heteroatoms. The van der Waals surface area contributed by atoms with Crippen molar-refractivity contribution in [1.82, 2.24) is 9.30 Å². The Morgan fingerprint density at radius 3 is 2.71 bits per heavy atom. The molecule has 24 heavy (non-hydrogen) atoms. The van der Waals surface area contributed by atoms with Crippen molar-refractivity contribution < 1.29 is 14.3 Å². The van der Waals surface area contributed by atoms with Crippen molar-refractivity contribution in [2.75, 3.05) is 33.4 Å². The first kappa shape index (κ1) is 16.8. The first-order chi connectivity index (χ1) is 11.8. The van der Waals surface area contributed by atoms with E-state index in [0.717, 1.165) is 37.1 Å². The fourth-order valence-corrected chi connectivity index (χ4v) is 3.52. The SMILES string of the molecule is CCc1c(OC)c(C(=O)OCCN2CCCCC2)n2ccccc12. The lowest BCUT2D eigenvalue weighted by Crippen LogP contribution is -2.33. The molecule has 3 heterocycles. The van der Waals surface area contributed by atoms with Crippen LogP contribution in [0.1, 0.15) is 42.2 Å². The van der Waals surface area contributed by atoms with E-state index in [1.807, 2.05) is 28.8 Å². The second-order valence-corrected chi connectivity index (χ2v) is 6.21. The molecule has 0 atom stereocenters. The number of fused-ring (bicyclic) bond motifs is 1. The van der Waals surface area contributed by atoms with Gasteiger partial charge in [0.05, 0.1) is 12.6 Å². The summed E-state index contributed by atoms with van der Waals surface area (Å²) in [6.45, 7) is 5.50. The van der Waals surface area contributed by atoms with Crippen molar-refractivity contribution >= 4 is 11.5 Å². The Kier molecular flexibility index (Phi) is 5.41. The highest BCUT2D eigenvalue weighted by Crippen LogP contribution is 2.32. The van der Waals surface area contributed by atoms with Gasteiger partial charge in [0.25, 0.3) is 0 Å². The average Bonchev–Trinajstić information content (AvgIpc) is 2.96. The zero-order valence-electron chi connectivity index (χ0n) is 14.6. The third-order valence-electron chi connectivity index (χ3n) is 4.74. The summed E-state index contributed by atoms with van der Waals surface area (Å²) in [4.78, 5) is 15.0. The summed E-state index contributed by atoms with van der Waals surface area (Å²) >= 11 is 0. The van der Waals surface area contributed by atoms with Crippen LogP contribution in [0.25, 0.3) is 5.52 Å². The van der Waals surface area contributed by atoms with Crippen molar-refractivity contribution in [2.45, 2.75) is 32.6 Å². The number of rotatable bonds is 6. The van der Waals surface area contributed by atoms with E-state index in [1.54, 1.807) is 7.11 Å². The number of ether oxygens (including phenoxy) is 2. The lowest BCUT2D eigenvalue weighted by molar-refractivity contribution is 0.0440. The Labute approximate surface area is 143 Å². The molecule has 1 aliphatic rings. The summed E-state index contributed by atoms with van der Waals surface area (Å²) in [7, 11) is 1.61. The molecule has 3 rings (SSSR count). The van der Waals surface area contributed by atoms with Gasteiger partial charge in [0.2, 0.25) is 0 Å². The van der Waals surface area contributed by atoms with Crippen LogP contribution in [0.5, 0.6) is 5.75 Å². The second kappa shape index (κ2) is 7.71. The number of aryl methyl sites for hydroxylation is 1. The summed E-state index contributed by atoms with van der Waals surface area (Å²) in [5.41, 5.74) is 2.53. The molecule has 1 saturated heterocycles. The minimum atomic E-state index is -0.315. The van der Waals surface area contributed by atoms with Crippen LogP contribution in [-0.4, -0.2) is 48.6 Å². The third kappa shape index (κ3) is 3.26. The van der Waals surface area contributed by atoms with Crippen LogP contribution in [0.2, 0.25) is 0 Å². The molecule has 2 aromatic rings. The largest absolute Gasteiger partial charge is 0.494 e. The molecule has 130 valence electrons. The van der Waals surface area contributed by atoms with Gasteiger partial charge in [-0.25, -0.2) is 4.79 Å². The van der Waals surface area contributed by atoms with Gasteiger partial charge in [-0.3, -0.25) is 4.90 Å². The normalized spacial score (nSPS) is 15.6. The number of piperidine rings is 1. The van der Waals surface area contributed by atoms with Crippen LogP contribution in [0, 0.1) is 0 Å². The number of hydrogen-bond acceptors (Lipinski definition) is 4. The standard InChI is InChI=1S/C19H26N2O3/c1-3-15-16-9-5-8-12-21(16)17(18(15)23-2)19(22)24-14-13-20-10-6-4-7-11-20/h5,8-9,12H,3-4,6-7,10-11,13-14H2,1-2H3. The molecular formula is C19H26N2O3. The number of carbonyl (C=O) groups excluding carboxylic acids is 1. The second-order valence-electron chi connectivity index (χ2n) is 6.21. The van der Waals surface area contributed by atoms with Crippen LogP contribution in [-0.2, 0) is 11.2 Å². The maximum absolute atomic E-state index is 12.7. The van der Waals surface area contributed by atoms with Gasteiger partial charge in [-0.1, -0.05) is 19.4 Å². The van der Waals surface area contributed by atoms with Crippen molar-refractivity contribution in [3.63, 3.8) is 0 Å². The van der Waals surface area contributed by atoms with E-state index in [2.05, 4.69) is 11.8 Å². The predicted molar refractivity (Wildman–Crippen MR) is 93.9 cm³/mol. The van der Waals surface area contributed by atoms with E-state index < -0.39 is 0 Å². The average molecular weight is 330 g/mol. The fourth-order valence-electron chi connectivity index (χ4n) is 3.52. The van der Waals surface area contributed by atoms with Gasteiger partial charge in [0, 0.05) is 18.3 Å². The summed E-state index contributed by atoms with van der Waals surface area (Å²) in [5, 5.41) is 0. The highest BCUT2D eigenvalue weighted by molar-refractivity contribution is 5.94. The molecule has 0 amide bonds. The minimum absolute atomic E-state index is 0.315. The van der Waals surface area contributed by atoms with Crippen LogP contribution >= 0.6 is 0 Å². The van der Waals surface area contributed by atoms with Gasteiger partial charge < -0.3 is 13.9 Å². The zero-order chi connectivity index (χ0) is 16.9. The number of hydrogen-bond donors (Lipinski definition) is 0. The van der Waals surface area contributed by atoms with Gasteiger partial charge in [0.15, 0.2) is 11.4 Å². The number of carbonyl (C=O) groups is 1. The maximum atomic E-state index is 12.7.